The highest BCUT2D eigenvalue weighted by Gasteiger charge is 2.23. The molecule has 2 N–H and O–H groups in total. The van der Waals surface area contributed by atoms with Crippen LogP contribution in [0.1, 0.15) is 34.1 Å². The summed E-state index contributed by atoms with van der Waals surface area (Å²) >= 11 is 5.91. The number of carbonyl (C=O) groups is 3. The number of amides is 1. The summed E-state index contributed by atoms with van der Waals surface area (Å²) in [4.78, 5) is 47.1. The third kappa shape index (κ3) is 6.08. The van der Waals surface area contributed by atoms with Gasteiger partial charge in [0.2, 0.25) is 0 Å². The van der Waals surface area contributed by atoms with E-state index in [2.05, 4.69) is 5.32 Å². The number of carboxylic acids is 1. The fourth-order valence-electron chi connectivity index (χ4n) is 4.29. The van der Waals surface area contributed by atoms with E-state index in [4.69, 9.17) is 26.3 Å². The van der Waals surface area contributed by atoms with Gasteiger partial charge < -0.3 is 15.2 Å². The van der Waals surface area contributed by atoms with Crippen LogP contribution in [-0.2, 0) is 9.53 Å². The van der Waals surface area contributed by atoms with Crippen LogP contribution < -0.4 is 5.32 Å². The summed E-state index contributed by atoms with van der Waals surface area (Å²) < 4.78 is 5.54. The zero-order chi connectivity index (χ0) is 28.9. The first-order valence-corrected chi connectivity index (χ1v) is 13.2. The molecule has 1 atom stereocenters. The number of fused-ring (bicyclic) bond motifs is 1. The standard InChI is InChI=1S/C32H24ClN3O5/c1-2-27(30(37)34-22-14-15-24(33)23(18-22)31(38)39)41-32(40)21-13-16-25-26(17-21)36-29(20-11-7-4-8-12-20)28(35-25)19-9-5-3-6-10-19/h3-18,27H,2H2,1H3,(H,34,37)(H,38,39). The van der Waals surface area contributed by atoms with Crippen LogP contribution in [0.25, 0.3) is 33.5 Å². The van der Waals surface area contributed by atoms with Crippen molar-refractivity contribution in [1.82, 2.24) is 9.97 Å². The molecular formula is C32H24ClN3O5. The second kappa shape index (κ2) is 12.0. The molecule has 0 aliphatic carbocycles. The maximum Gasteiger partial charge on any atom is 0.338 e. The van der Waals surface area contributed by atoms with Crippen LogP contribution in [0.5, 0.6) is 0 Å². The van der Waals surface area contributed by atoms with Crippen molar-refractivity contribution in [2.45, 2.75) is 19.4 Å². The molecule has 5 rings (SSSR count). The van der Waals surface area contributed by atoms with Crippen molar-refractivity contribution in [3.63, 3.8) is 0 Å². The van der Waals surface area contributed by atoms with Crippen LogP contribution in [-0.4, -0.2) is 39.0 Å². The van der Waals surface area contributed by atoms with E-state index < -0.39 is 23.9 Å². The highest BCUT2D eigenvalue weighted by Crippen LogP contribution is 2.31. The molecule has 0 fully saturated rings. The van der Waals surface area contributed by atoms with E-state index in [-0.39, 0.29) is 28.3 Å². The molecule has 4 aromatic carbocycles. The predicted molar refractivity (Wildman–Crippen MR) is 157 cm³/mol. The third-order valence-corrected chi connectivity index (χ3v) is 6.70. The molecule has 0 saturated carbocycles. The van der Waals surface area contributed by atoms with Crippen LogP contribution >= 0.6 is 11.6 Å². The van der Waals surface area contributed by atoms with E-state index in [0.717, 1.165) is 16.8 Å². The smallest absolute Gasteiger partial charge is 0.338 e. The molecule has 0 spiro atoms. The normalized spacial score (nSPS) is 11.6. The second-order valence-corrected chi connectivity index (χ2v) is 9.55. The van der Waals surface area contributed by atoms with Crippen molar-refractivity contribution in [2.75, 3.05) is 5.32 Å². The number of halogens is 1. The zero-order valence-electron chi connectivity index (χ0n) is 21.9. The number of ether oxygens (including phenoxy) is 1. The number of rotatable bonds is 8. The van der Waals surface area contributed by atoms with Gasteiger partial charge in [-0.3, -0.25) is 4.79 Å². The molecule has 0 radical (unpaired) electrons. The summed E-state index contributed by atoms with van der Waals surface area (Å²) in [5.41, 5.74) is 4.55. The van der Waals surface area contributed by atoms with Crippen LogP contribution in [0.15, 0.2) is 97.1 Å². The maximum absolute atomic E-state index is 13.1. The first kappa shape index (κ1) is 27.5. The Hall–Kier alpha value is -5.08. The summed E-state index contributed by atoms with van der Waals surface area (Å²) in [7, 11) is 0. The van der Waals surface area contributed by atoms with Gasteiger partial charge in [-0.1, -0.05) is 79.2 Å². The van der Waals surface area contributed by atoms with Gasteiger partial charge in [-0.25, -0.2) is 19.6 Å². The number of esters is 1. The van der Waals surface area contributed by atoms with E-state index in [9.17, 15) is 19.5 Å². The Labute approximate surface area is 240 Å². The molecule has 0 aliphatic heterocycles. The number of nitrogens with one attached hydrogen (secondary N) is 1. The number of nitrogens with zero attached hydrogens (tertiary/aromatic N) is 2. The van der Waals surface area contributed by atoms with Gasteiger partial charge in [0, 0.05) is 16.8 Å². The lowest BCUT2D eigenvalue weighted by Gasteiger charge is -2.17. The Bertz CT molecular complexity index is 1760. The lowest BCUT2D eigenvalue weighted by Crippen LogP contribution is -2.32. The Morgan fingerprint density at radius 1 is 0.829 bits per heavy atom. The van der Waals surface area contributed by atoms with Crippen LogP contribution in [0.2, 0.25) is 5.02 Å². The van der Waals surface area contributed by atoms with Crippen molar-refractivity contribution in [2.24, 2.45) is 0 Å². The minimum absolute atomic E-state index is 0.0414. The molecule has 5 aromatic rings. The van der Waals surface area contributed by atoms with Crippen LogP contribution in [0.3, 0.4) is 0 Å². The van der Waals surface area contributed by atoms with Crippen LogP contribution in [0, 0.1) is 0 Å². The van der Waals surface area contributed by atoms with Gasteiger partial charge in [-0.15, -0.1) is 0 Å². The molecule has 0 bridgehead atoms. The number of carboxylic acid groups (broad SMARTS) is 1. The zero-order valence-corrected chi connectivity index (χ0v) is 22.6. The van der Waals surface area contributed by atoms with Gasteiger partial charge in [0.05, 0.1) is 38.6 Å². The largest absolute Gasteiger partial charge is 0.478 e. The molecule has 1 heterocycles. The highest BCUT2D eigenvalue weighted by molar-refractivity contribution is 6.33. The van der Waals surface area contributed by atoms with E-state index >= 15 is 0 Å². The van der Waals surface area contributed by atoms with Gasteiger partial charge in [-0.05, 0) is 42.8 Å². The Balaban J connectivity index is 1.42. The average molecular weight is 566 g/mol. The first-order valence-electron chi connectivity index (χ1n) is 12.8. The van der Waals surface area contributed by atoms with Gasteiger partial charge >= 0.3 is 11.9 Å². The Morgan fingerprint density at radius 2 is 1.44 bits per heavy atom. The van der Waals surface area contributed by atoms with Gasteiger partial charge in [0.1, 0.15) is 0 Å². The number of aromatic nitrogens is 2. The Kier molecular flexibility index (Phi) is 8.03. The molecule has 8 nitrogen and oxygen atoms in total. The molecule has 1 amide bonds. The summed E-state index contributed by atoms with van der Waals surface area (Å²) in [6, 6.07) is 28.4. The summed E-state index contributed by atoms with van der Waals surface area (Å²) in [5, 5.41) is 11.9. The van der Waals surface area contributed by atoms with Crippen molar-refractivity contribution in [3.05, 3.63) is 113 Å². The van der Waals surface area contributed by atoms with Gasteiger partial charge in [0.25, 0.3) is 5.91 Å². The monoisotopic (exact) mass is 565 g/mol. The minimum Gasteiger partial charge on any atom is -0.478 e. The summed E-state index contributed by atoms with van der Waals surface area (Å²) in [6.07, 6.45) is -0.920. The van der Waals surface area contributed by atoms with E-state index in [1.165, 1.54) is 18.2 Å². The van der Waals surface area contributed by atoms with E-state index in [1.54, 1.807) is 25.1 Å². The lowest BCUT2D eigenvalue weighted by molar-refractivity contribution is -0.124. The first-order chi connectivity index (χ1) is 19.8. The fraction of sp³-hybridized carbons (Fsp3) is 0.0938. The minimum atomic E-state index is -1.23. The number of hydrogen-bond donors (Lipinski definition) is 2. The molecule has 204 valence electrons. The second-order valence-electron chi connectivity index (χ2n) is 9.15. The molecule has 41 heavy (non-hydrogen) atoms. The lowest BCUT2D eigenvalue weighted by atomic mass is 10.0. The predicted octanol–water partition coefficient (Wildman–Crippen LogP) is 6.89. The highest BCUT2D eigenvalue weighted by atomic mass is 35.5. The number of hydrogen-bond acceptors (Lipinski definition) is 6. The topological polar surface area (TPSA) is 118 Å². The molecular weight excluding hydrogens is 542 g/mol. The third-order valence-electron chi connectivity index (χ3n) is 6.37. The van der Waals surface area contributed by atoms with Crippen molar-refractivity contribution in [1.29, 1.82) is 0 Å². The molecule has 9 heteroatoms. The van der Waals surface area contributed by atoms with Gasteiger partial charge in [0.15, 0.2) is 6.10 Å². The van der Waals surface area contributed by atoms with Gasteiger partial charge in [-0.2, -0.15) is 0 Å². The quantitative estimate of drug-likeness (QED) is 0.197. The summed E-state index contributed by atoms with van der Waals surface area (Å²) in [6.45, 7) is 1.70. The van der Waals surface area contributed by atoms with E-state index in [0.29, 0.717) is 16.7 Å². The maximum atomic E-state index is 13.1. The molecule has 0 saturated heterocycles. The Morgan fingerprint density at radius 3 is 2.02 bits per heavy atom. The van der Waals surface area contributed by atoms with Crippen molar-refractivity contribution < 1.29 is 24.2 Å². The number of anilines is 1. The van der Waals surface area contributed by atoms with Crippen LogP contribution in [0.4, 0.5) is 5.69 Å². The molecule has 1 unspecified atom stereocenters. The summed E-state index contributed by atoms with van der Waals surface area (Å²) in [5.74, 6) is -2.53. The number of carbonyl (C=O) groups excluding carboxylic acids is 2. The van der Waals surface area contributed by atoms with E-state index in [1.807, 2.05) is 60.7 Å². The fourth-order valence-corrected chi connectivity index (χ4v) is 4.48. The number of benzene rings is 4. The molecule has 1 aromatic heterocycles. The SMILES string of the molecule is CCC(OC(=O)c1ccc2nc(-c3ccccc3)c(-c3ccccc3)nc2c1)C(=O)Nc1ccc(Cl)c(C(=O)O)c1. The number of aromatic carboxylic acids is 1. The van der Waals surface area contributed by atoms with Crippen molar-refractivity contribution in [3.8, 4) is 22.5 Å². The van der Waals surface area contributed by atoms with Crippen molar-refractivity contribution >= 4 is 46.2 Å². The average Bonchev–Trinajstić information content (AvgIpc) is 3.00. The molecule has 0 aliphatic rings.